The lowest BCUT2D eigenvalue weighted by molar-refractivity contribution is -0.121. The fraction of sp³-hybridized carbons (Fsp3) is 0.263. The number of imidazole rings is 1. The molecule has 1 aromatic heterocycles. The van der Waals surface area contributed by atoms with Gasteiger partial charge >= 0.3 is 5.69 Å². The van der Waals surface area contributed by atoms with Crippen LogP contribution in [0.2, 0.25) is 0 Å². The molecule has 2 aromatic carbocycles. The van der Waals surface area contributed by atoms with Crippen LogP contribution >= 0.6 is 0 Å². The summed E-state index contributed by atoms with van der Waals surface area (Å²) < 4.78 is 16.7. The lowest BCUT2D eigenvalue weighted by Gasteiger charge is -2.07. The predicted molar refractivity (Wildman–Crippen MR) is 94.9 cm³/mol. The SMILES string of the molecule is Cn1c(=O)n(CCC(=O)NCCc2ccccc2F)c2ccccc21. The number of carbonyl (C=O) groups excluding carboxylic acids is 1. The normalized spacial score (nSPS) is 11.0. The molecule has 0 aliphatic carbocycles. The summed E-state index contributed by atoms with van der Waals surface area (Å²) in [5, 5.41) is 2.78. The average molecular weight is 341 g/mol. The number of carbonyl (C=O) groups is 1. The third-order valence-corrected chi connectivity index (χ3v) is 4.29. The number of amides is 1. The number of aryl methyl sites for hydroxylation is 2. The first-order chi connectivity index (χ1) is 12.1. The van der Waals surface area contributed by atoms with Crippen LogP contribution in [-0.2, 0) is 24.8 Å². The fourth-order valence-electron chi connectivity index (χ4n) is 2.92. The Labute approximate surface area is 144 Å². The van der Waals surface area contributed by atoms with Crippen LogP contribution in [0.25, 0.3) is 11.0 Å². The number of hydrogen-bond acceptors (Lipinski definition) is 2. The third kappa shape index (κ3) is 3.63. The summed E-state index contributed by atoms with van der Waals surface area (Å²) in [5.41, 5.74) is 2.09. The molecule has 5 nitrogen and oxygen atoms in total. The van der Waals surface area contributed by atoms with Crippen molar-refractivity contribution in [2.75, 3.05) is 6.54 Å². The van der Waals surface area contributed by atoms with E-state index in [1.54, 1.807) is 34.4 Å². The van der Waals surface area contributed by atoms with E-state index in [-0.39, 0.29) is 23.8 Å². The Hall–Kier alpha value is -2.89. The Kier molecular flexibility index (Phi) is 4.97. The first-order valence-electron chi connectivity index (χ1n) is 8.22. The Morgan fingerprint density at radius 2 is 1.76 bits per heavy atom. The van der Waals surface area contributed by atoms with Crippen molar-refractivity contribution in [1.82, 2.24) is 14.5 Å². The second kappa shape index (κ2) is 7.34. The van der Waals surface area contributed by atoms with Crippen molar-refractivity contribution in [2.24, 2.45) is 7.05 Å². The van der Waals surface area contributed by atoms with Crippen LogP contribution in [0, 0.1) is 5.82 Å². The van der Waals surface area contributed by atoms with E-state index < -0.39 is 0 Å². The van der Waals surface area contributed by atoms with Gasteiger partial charge in [0.15, 0.2) is 0 Å². The van der Waals surface area contributed by atoms with Crippen molar-refractivity contribution in [3.05, 3.63) is 70.4 Å². The van der Waals surface area contributed by atoms with Crippen LogP contribution in [-0.4, -0.2) is 21.6 Å². The van der Waals surface area contributed by atoms with Gasteiger partial charge in [0, 0.05) is 26.6 Å². The van der Waals surface area contributed by atoms with Gasteiger partial charge in [0.1, 0.15) is 5.82 Å². The molecular weight excluding hydrogens is 321 g/mol. The molecule has 0 unspecified atom stereocenters. The minimum atomic E-state index is -0.265. The number of rotatable bonds is 6. The van der Waals surface area contributed by atoms with Gasteiger partial charge in [-0.15, -0.1) is 0 Å². The van der Waals surface area contributed by atoms with E-state index in [9.17, 15) is 14.0 Å². The largest absolute Gasteiger partial charge is 0.356 e. The molecule has 6 heteroatoms. The second-order valence-corrected chi connectivity index (χ2v) is 5.92. The van der Waals surface area contributed by atoms with E-state index in [2.05, 4.69) is 5.32 Å². The molecule has 3 aromatic rings. The van der Waals surface area contributed by atoms with Crippen molar-refractivity contribution in [3.8, 4) is 0 Å². The van der Waals surface area contributed by atoms with E-state index >= 15 is 0 Å². The van der Waals surface area contributed by atoms with Gasteiger partial charge in [0.25, 0.3) is 0 Å². The van der Waals surface area contributed by atoms with E-state index in [0.29, 0.717) is 25.1 Å². The van der Waals surface area contributed by atoms with Crippen LogP contribution < -0.4 is 11.0 Å². The number of hydrogen-bond donors (Lipinski definition) is 1. The van der Waals surface area contributed by atoms with Crippen LogP contribution in [0.15, 0.2) is 53.3 Å². The Morgan fingerprint density at radius 1 is 1.08 bits per heavy atom. The number of fused-ring (bicyclic) bond motifs is 1. The molecule has 0 atom stereocenters. The smallest absolute Gasteiger partial charge is 0.328 e. The summed E-state index contributed by atoms with van der Waals surface area (Å²) in [4.78, 5) is 24.3. The highest BCUT2D eigenvalue weighted by Gasteiger charge is 2.11. The van der Waals surface area contributed by atoms with Crippen LogP contribution in [0.3, 0.4) is 0 Å². The van der Waals surface area contributed by atoms with Crippen molar-refractivity contribution in [2.45, 2.75) is 19.4 Å². The van der Waals surface area contributed by atoms with E-state index in [1.807, 2.05) is 24.3 Å². The molecule has 0 bridgehead atoms. The highest BCUT2D eigenvalue weighted by molar-refractivity contribution is 5.77. The molecule has 25 heavy (non-hydrogen) atoms. The zero-order valence-electron chi connectivity index (χ0n) is 14.0. The van der Waals surface area contributed by atoms with E-state index in [1.165, 1.54) is 6.07 Å². The lowest BCUT2D eigenvalue weighted by atomic mass is 10.1. The van der Waals surface area contributed by atoms with Crippen molar-refractivity contribution in [1.29, 1.82) is 0 Å². The van der Waals surface area contributed by atoms with Gasteiger partial charge < -0.3 is 5.32 Å². The van der Waals surface area contributed by atoms with Crippen molar-refractivity contribution >= 4 is 16.9 Å². The maximum absolute atomic E-state index is 13.5. The zero-order valence-corrected chi connectivity index (χ0v) is 14.0. The van der Waals surface area contributed by atoms with Crippen LogP contribution in [0.5, 0.6) is 0 Å². The van der Waals surface area contributed by atoms with Gasteiger partial charge in [-0.1, -0.05) is 30.3 Å². The highest BCUT2D eigenvalue weighted by atomic mass is 19.1. The van der Waals surface area contributed by atoms with Gasteiger partial charge in [-0.3, -0.25) is 13.9 Å². The molecule has 1 N–H and O–H groups in total. The molecule has 0 aliphatic heterocycles. The number of benzene rings is 2. The van der Waals surface area contributed by atoms with E-state index in [0.717, 1.165) is 11.0 Å². The fourth-order valence-corrected chi connectivity index (χ4v) is 2.92. The summed E-state index contributed by atoms with van der Waals surface area (Å²) in [6.07, 6.45) is 0.637. The van der Waals surface area contributed by atoms with Crippen molar-refractivity contribution in [3.63, 3.8) is 0 Å². The quantitative estimate of drug-likeness (QED) is 0.747. The molecule has 0 spiro atoms. The summed E-state index contributed by atoms with van der Waals surface area (Å²) in [6, 6.07) is 14.0. The average Bonchev–Trinajstić information content (AvgIpc) is 2.86. The summed E-state index contributed by atoms with van der Waals surface area (Å²) >= 11 is 0. The first kappa shape index (κ1) is 17.0. The topological polar surface area (TPSA) is 56.0 Å². The number of aromatic nitrogens is 2. The Bertz CT molecular complexity index is 959. The second-order valence-electron chi connectivity index (χ2n) is 5.92. The predicted octanol–water partition coefficient (Wildman–Crippen LogP) is 2.23. The molecule has 1 amide bonds. The summed E-state index contributed by atoms with van der Waals surface area (Å²) in [5.74, 6) is -0.421. The molecule has 1 heterocycles. The Balaban J connectivity index is 1.57. The van der Waals surface area contributed by atoms with Gasteiger partial charge in [-0.05, 0) is 30.2 Å². The van der Waals surface area contributed by atoms with Gasteiger partial charge in [-0.2, -0.15) is 0 Å². The number of nitrogens with zero attached hydrogens (tertiary/aromatic N) is 2. The molecule has 130 valence electrons. The van der Waals surface area contributed by atoms with Gasteiger partial charge in [-0.25, -0.2) is 9.18 Å². The monoisotopic (exact) mass is 341 g/mol. The molecule has 0 saturated heterocycles. The third-order valence-electron chi connectivity index (χ3n) is 4.29. The lowest BCUT2D eigenvalue weighted by Crippen LogP contribution is -2.29. The maximum atomic E-state index is 13.5. The summed E-state index contributed by atoms with van der Waals surface area (Å²) in [7, 11) is 1.72. The molecule has 3 rings (SSSR count). The highest BCUT2D eigenvalue weighted by Crippen LogP contribution is 2.11. The molecule has 0 radical (unpaired) electrons. The van der Waals surface area contributed by atoms with Crippen LogP contribution in [0.1, 0.15) is 12.0 Å². The molecule has 0 aliphatic rings. The standard InChI is InChI=1S/C19H20FN3O2/c1-22-16-8-4-5-9-17(16)23(19(22)25)13-11-18(24)21-12-10-14-6-2-3-7-15(14)20/h2-9H,10-13H2,1H3,(H,21,24). The number of nitrogens with one attached hydrogen (secondary N) is 1. The molecule has 0 fully saturated rings. The van der Waals surface area contributed by atoms with E-state index in [4.69, 9.17) is 0 Å². The maximum Gasteiger partial charge on any atom is 0.328 e. The molecular formula is C19H20FN3O2. The van der Waals surface area contributed by atoms with Crippen molar-refractivity contribution < 1.29 is 9.18 Å². The van der Waals surface area contributed by atoms with Gasteiger partial charge in [0.2, 0.25) is 5.91 Å². The zero-order chi connectivity index (χ0) is 17.8. The minimum absolute atomic E-state index is 0.139. The summed E-state index contributed by atoms with van der Waals surface area (Å²) in [6.45, 7) is 0.677. The molecule has 0 saturated carbocycles. The number of halogens is 1. The minimum Gasteiger partial charge on any atom is -0.356 e. The first-order valence-corrected chi connectivity index (χ1v) is 8.22. The van der Waals surface area contributed by atoms with Crippen LogP contribution in [0.4, 0.5) is 4.39 Å². The van der Waals surface area contributed by atoms with Gasteiger partial charge in [0.05, 0.1) is 11.0 Å². The Morgan fingerprint density at radius 3 is 2.52 bits per heavy atom. The number of para-hydroxylation sites is 2.